The molecule has 0 unspecified atom stereocenters. The Kier molecular flexibility index (Phi) is 5.56. The number of furan rings is 1. The van der Waals surface area contributed by atoms with Gasteiger partial charge in [-0.05, 0) is 42.3 Å². The molecular weight excluding hydrogens is 328 g/mol. The van der Waals surface area contributed by atoms with Crippen LogP contribution < -0.4 is 5.32 Å². The van der Waals surface area contributed by atoms with Gasteiger partial charge in [-0.25, -0.2) is 0 Å². The van der Waals surface area contributed by atoms with Gasteiger partial charge in [0.2, 0.25) is 0 Å². The zero-order valence-electron chi connectivity index (χ0n) is 13.3. The summed E-state index contributed by atoms with van der Waals surface area (Å²) in [6.07, 6.45) is 0.840. The van der Waals surface area contributed by atoms with Gasteiger partial charge in [-0.1, -0.05) is 30.3 Å². The van der Waals surface area contributed by atoms with Gasteiger partial charge >= 0.3 is 0 Å². The van der Waals surface area contributed by atoms with Crippen molar-refractivity contribution in [3.05, 3.63) is 59.0 Å². The lowest BCUT2D eigenvalue weighted by Gasteiger charge is -2.38. The van der Waals surface area contributed by atoms with Crippen LogP contribution in [0.5, 0.6) is 0 Å². The molecule has 6 heteroatoms. The summed E-state index contributed by atoms with van der Waals surface area (Å²) in [4.78, 5) is 14.6. The van der Waals surface area contributed by atoms with E-state index < -0.39 is 0 Å². The van der Waals surface area contributed by atoms with Gasteiger partial charge in [0.05, 0.1) is 0 Å². The van der Waals surface area contributed by atoms with Crippen molar-refractivity contribution in [1.29, 1.82) is 0 Å². The first kappa shape index (κ1) is 17.0. The number of likely N-dealkylation sites (tertiary alicyclic amines) is 1. The Hall–Kier alpha value is -1.82. The van der Waals surface area contributed by atoms with Crippen LogP contribution in [-0.2, 0) is 6.54 Å². The van der Waals surface area contributed by atoms with E-state index in [1.165, 1.54) is 5.56 Å². The lowest BCUT2D eigenvalue weighted by molar-refractivity contribution is 0.0711. The highest BCUT2D eigenvalue weighted by Crippen LogP contribution is 2.20. The Morgan fingerprint density at radius 1 is 1.29 bits per heavy atom. The third kappa shape index (κ3) is 4.17. The second-order valence-corrected chi connectivity index (χ2v) is 6.51. The molecule has 3 rings (SSSR count). The molecule has 1 amide bonds. The van der Waals surface area contributed by atoms with Gasteiger partial charge in [0.25, 0.3) is 5.91 Å². The number of piperidine rings is 1. The first-order valence-corrected chi connectivity index (χ1v) is 8.47. The second-order valence-electron chi connectivity index (χ2n) is 6.14. The van der Waals surface area contributed by atoms with Gasteiger partial charge in [-0.2, -0.15) is 0 Å². The van der Waals surface area contributed by atoms with Crippen LogP contribution in [0.3, 0.4) is 0 Å². The maximum atomic E-state index is 12.3. The molecule has 2 heterocycles. The summed E-state index contributed by atoms with van der Waals surface area (Å²) < 4.78 is 5.16. The van der Waals surface area contributed by atoms with E-state index in [1.54, 1.807) is 12.1 Å². The molecule has 0 spiro atoms. The molecule has 1 fully saturated rings. The normalized spacial score (nSPS) is 21.6. The van der Waals surface area contributed by atoms with Crippen molar-refractivity contribution in [2.45, 2.75) is 19.0 Å². The van der Waals surface area contributed by atoms with Crippen molar-refractivity contribution in [3.63, 3.8) is 0 Å². The van der Waals surface area contributed by atoms with Gasteiger partial charge in [0, 0.05) is 31.7 Å². The fourth-order valence-corrected chi connectivity index (χ4v) is 3.26. The van der Waals surface area contributed by atoms with E-state index >= 15 is 0 Å². The summed E-state index contributed by atoms with van der Waals surface area (Å²) in [5.41, 5.74) is 1.24. The summed E-state index contributed by atoms with van der Waals surface area (Å²) in [5, 5.41) is 12.8. The number of rotatable bonds is 5. The van der Waals surface area contributed by atoms with Gasteiger partial charge in [0.1, 0.15) is 0 Å². The van der Waals surface area contributed by atoms with Gasteiger partial charge < -0.3 is 14.8 Å². The summed E-state index contributed by atoms with van der Waals surface area (Å²) >= 11 is 5.72. The average molecular weight is 349 g/mol. The summed E-state index contributed by atoms with van der Waals surface area (Å²) in [5.74, 6) is -0.0600. The molecule has 1 saturated heterocycles. The predicted octanol–water partition coefficient (Wildman–Crippen LogP) is 2.55. The van der Waals surface area contributed by atoms with Crippen LogP contribution in [0.25, 0.3) is 0 Å². The topological polar surface area (TPSA) is 65.7 Å². The Balaban J connectivity index is 1.64. The van der Waals surface area contributed by atoms with Crippen LogP contribution in [0.2, 0.25) is 5.22 Å². The number of nitrogens with zero attached hydrogens (tertiary/aromatic N) is 1. The minimum Gasteiger partial charge on any atom is -0.440 e. The number of halogens is 1. The van der Waals surface area contributed by atoms with E-state index in [2.05, 4.69) is 22.3 Å². The van der Waals surface area contributed by atoms with Crippen molar-refractivity contribution < 1.29 is 14.3 Å². The SMILES string of the molecule is O=C(N[C@@H]1CN(Cc2ccccc2)CC[C@@H]1CO)c1ccc(Cl)o1. The molecule has 1 aromatic heterocycles. The molecule has 0 aliphatic carbocycles. The summed E-state index contributed by atoms with van der Waals surface area (Å²) in [6.45, 7) is 2.49. The largest absolute Gasteiger partial charge is 0.440 e. The number of hydrogen-bond donors (Lipinski definition) is 2. The van der Waals surface area contributed by atoms with Crippen molar-refractivity contribution >= 4 is 17.5 Å². The van der Waals surface area contributed by atoms with E-state index in [0.29, 0.717) is 6.54 Å². The Labute approximate surface area is 146 Å². The third-order valence-corrected chi connectivity index (χ3v) is 4.64. The molecule has 2 aromatic rings. The minimum atomic E-state index is -0.299. The molecular formula is C18H21ClN2O3. The average Bonchev–Trinajstić information content (AvgIpc) is 3.03. The van der Waals surface area contributed by atoms with Crippen LogP contribution in [-0.4, -0.2) is 41.7 Å². The Morgan fingerprint density at radius 3 is 2.75 bits per heavy atom. The van der Waals surface area contributed by atoms with Gasteiger partial charge in [-0.15, -0.1) is 0 Å². The van der Waals surface area contributed by atoms with Crippen LogP contribution in [0.15, 0.2) is 46.9 Å². The molecule has 1 aliphatic rings. The molecule has 5 nitrogen and oxygen atoms in total. The zero-order valence-corrected chi connectivity index (χ0v) is 14.1. The number of carbonyl (C=O) groups excluding carboxylic acids is 1. The van der Waals surface area contributed by atoms with Gasteiger partial charge in [0.15, 0.2) is 11.0 Å². The van der Waals surface area contributed by atoms with Crippen molar-refractivity contribution in [2.24, 2.45) is 5.92 Å². The molecule has 24 heavy (non-hydrogen) atoms. The summed E-state index contributed by atoms with van der Waals surface area (Å²) in [7, 11) is 0. The highest BCUT2D eigenvalue weighted by atomic mass is 35.5. The maximum absolute atomic E-state index is 12.3. The standard InChI is InChI=1S/C18H21ClN2O3/c19-17-7-6-16(24-17)18(23)20-15-11-21(9-8-14(15)12-22)10-13-4-2-1-3-5-13/h1-7,14-15,22H,8-12H2,(H,20,23)/t14-,15-/m1/s1. The first-order valence-electron chi connectivity index (χ1n) is 8.09. The molecule has 1 aromatic carbocycles. The lowest BCUT2D eigenvalue weighted by Crippen LogP contribution is -2.53. The number of aliphatic hydroxyl groups is 1. The molecule has 0 saturated carbocycles. The molecule has 2 atom stereocenters. The molecule has 2 N–H and O–H groups in total. The maximum Gasteiger partial charge on any atom is 0.287 e. The monoisotopic (exact) mass is 348 g/mol. The van der Waals surface area contributed by atoms with Crippen molar-refractivity contribution in [2.75, 3.05) is 19.7 Å². The Bertz CT molecular complexity index is 674. The number of amides is 1. The number of nitrogens with one attached hydrogen (secondary N) is 1. The number of carbonyl (C=O) groups is 1. The highest BCUT2D eigenvalue weighted by Gasteiger charge is 2.30. The fraction of sp³-hybridized carbons (Fsp3) is 0.389. The van der Waals surface area contributed by atoms with E-state index in [9.17, 15) is 9.90 Å². The lowest BCUT2D eigenvalue weighted by atomic mass is 9.92. The quantitative estimate of drug-likeness (QED) is 0.871. The molecule has 128 valence electrons. The molecule has 1 aliphatic heterocycles. The molecule has 0 bridgehead atoms. The number of aliphatic hydroxyl groups excluding tert-OH is 1. The van der Waals surface area contributed by atoms with Gasteiger partial charge in [-0.3, -0.25) is 9.69 Å². The van der Waals surface area contributed by atoms with Crippen LogP contribution in [0, 0.1) is 5.92 Å². The first-order chi connectivity index (χ1) is 11.7. The zero-order chi connectivity index (χ0) is 16.9. The van der Waals surface area contributed by atoms with E-state index in [0.717, 1.165) is 19.5 Å². The van der Waals surface area contributed by atoms with Crippen molar-refractivity contribution in [3.8, 4) is 0 Å². The highest BCUT2D eigenvalue weighted by molar-refractivity contribution is 6.29. The fourth-order valence-electron chi connectivity index (χ4n) is 3.11. The van der Waals surface area contributed by atoms with E-state index in [1.807, 2.05) is 18.2 Å². The number of hydrogen-bond acceptors (Lipinski definition) is 4. The van der Waals surface area contributed by atoms with Crippen molar-refractivity contribution in [1.82, 2.24) is 10.2 Å². The molecule has 0 radical (unpaired) electrons. The summed E-state index contributed by atoms with van der Waals surface area (Å²) in [6, 6.07) is 13.2. The van der Waals surface area contributed by atoms with E-state index in [-0.39, 0.29) is 35.5 Å². The Morgan fingerprint density at radius 2 is 2.08 bits per heavy atom. The number of benzene rings is 1. The van der Waals surface area contributed by atoms with E-state index in [4.69, 9.17) is 16.0 Å². The smallest absolute Gasteiger partial charge is 0.287 e. The minimum absolute atomic E-state index is 0.0476. The van der Waals surface area contributed by atoms with Crippen LogP contribution in [0.4, 0.5) is 0 Å². The predicted molar refractivity (Wildman–Crippen MR) is 91.9 cm³/mol. The van der Waals surface area contributed by atoms with Crippen LogP contribution >= 0.6 is 11.6 Å². The van der Waals surface area contributed by atoms with Crippen LogP contribution in [0.1, 0.15) is 22.5 Å². The second kappa shape index (κ2) is 7.83. The third-order valence-electron chi connectivity index (χ3n) is 4.44.